The summed E-state index contributed by atoms with van der Waals surface area (Å²) in [5.74, 6) is -0.207. The molecule has 7 heteroatoms. The standard InChI is InChI=1S/C21H24N4O3/c26-20(19-7-3-11-28-19)24-17-6-1-4-15(12-17)21(27)25-10-9-23-14-18(25)16-5-2-8-22-13-16/h1-2,4-6,8,12-13,18-19,23H,3,7,9-11,14H2,(H,24,26). The van der Waals surface area contributed by atoms with Gasteiger partial charge in [-0.05, 0) is 42.7 Å². The lowest BCUT2D eigenvalue weighted by molar-refractivity contribution is -0.124. The van der Waals surface area contributed by atoms with Crippen LogP contribution in [-0.2, 0) is 9.53 Å². The Morgan fingerprint density at radius 1 is 1.25 bits per heavy atom. The normalized spacial score (nSPS) is 22.1. The first kappa shape index (κ1) is 18.6. The fraction of sp³-hybridized carbons (Fsp3) is 0.381. The minimum Gasteiger partial charge on any atom is -0.368 e. The van der Waals surface area contributed by atoms with Gasteiger partial charge in [0.05, 0.1) is 6.04 Å². The molecule has 2 fully saturated rings. The van der Waals surface area contributed by atoms with E-state index in [9.17, 15) is 9.59 Å². The molecule has 146 valence electrons. The molecule has 2 N–H and O–H groups in total. The number of hydrogen-bond donors (Lipinski definition) is 2. The summed E-state index contributed by atoms with van der Waals surface area (Å²) in [7, 11) is 0. The largest absolute Gasteiger partial charge is 0.368 e. The van der Waals surface area contributed by atoms with E-state index in [0.29, 0.717) is 30.9 Å². The molecule has 4 rings (SSSR count). The fourth-order valence-electron chi connectivity index (χ4n) is 3.72. The van der Waals surface area contributed by atoms with Crippen LogP contribution in [-0.4, -0.2) is 54.0 Å². The van der Waals surface area contributed by atoms with Gasteiger partial charge in [-0.25, -0.2) is 0 Å². The number of nitrogens with one attached hydrogen (secondary N) is 2. The Bertz CT molecular complexity index is 837. The number of hydrogen-bond acceptors (Lipinski definition) is 5. The van der Waals surface area contributed by atoms with Crippen molar-refractivity contribution in [2.45, 2.75) is 25.0 Å². The van der Waals surface area contributed by atoms with Crippen LogP contribution in [0.1, 0.15) is 34.8 Å². The number of benzene rings is 1. The number of piperazine rings is 1. The lowest BCUT2D eigenvalue weighted by Crippen LogP contribution is -2.48. The number of nitrogens with zero attached hydrogens (tertiary/aromatic N) is 2. The van der Waals surface area contributed by atoms with Gasteiger partial charge in [0.1, 0.15) is 6.10 Å². The van der Waals surface area contributed by atoms with Gasteiger partial charge in [0.25, 0.3) is 11.8 Å². The summed E-state index contributed by atoms with van der Waals surface area (Å²) >= 11 is 0. The highest BCUT2D eigenvalue weighted by atomic mass is 16.5. The van der Waals surface area contributed by atoms with Gasteiger partial charge in [-0.3, -0.25) is 14.6 Å². The summed E-state index contributed by atoms with van der Waals surface area (Å²) < 4.78 is 5.42. The van der Waals surface area contributed by atoms with Crippen molar-refractivity contribution in [2.24, 2.45) is 0 Å². The molecule has 2 unspecified atom stereocenters. The average molecular weight is 380 g/mol. The average Bonchev–Trinajstić information content (AvgIpc) is 3.29. The lowest BCUT2D eigenvalue weighted by atomic mass is 10.0. The highest BCUT2D eigenvalue weighted by molar-refractivity contribution is 5.98. The summed E-state index contributed by atoms with van der Waals surface area (Å²) in [5.41, 5.74) is 2.17. The third-order valence-corrected chi connectivity index (χ3v) is 5.17. The zero-order chi connectivity index (χ0) is 19.3. The Morgan fingerprint density at radius 2 is 2.18 bits per heavy atom. The van der Waals surface area contributed by atoms with E-state index in [2.05, 4.69) is 15.6 Å². The number of amides is 2. The smallest absolute Gasteiger partial charge is 0.254 e. The first-order valence-corrected chi connectivity index (χ1v) is 9.66. The fourth-order valence-corrected chi connectivity index (χ4v) is 3.72. The van der Waals surface area contributed by atoms with Crippen molar-refractivity contribution in [3.05, 3.63) is 59.9 Å². The molecule has 0 spiro atoms. The highest BCUT2D eigenvalue weighted by Crippen LogP contribution is 2.24. The van der Waals surface area contributed by atoms with E-state index < -0.39 is 6.10 Å². The number of carbonyl (C=O) groups excluding carboxylic acids is 2. The second kappa shape index (κ2) is 8.50. The van der Waals surface area contributed by atoms with Crippen molar-refractivity contribution in [1.82, 2.24) is 15.2 Å². The van der Waals surface area contributed by atoms with E-state index in [1.807, 2.05) is 17.0 Å². The van der Waals surface area contributed by atoms with Crippen LogP contribution in [0.25, 0.3) is 0 Å². The third-order valence-electron chi connectivity index (χ3n) is 5.17. The van der Waals surface area contributed by atoms with Crippen LogP contribution in [0.3, 0.4) is 0 Å². The van der Waals surface area contributed by atoms with E-state index in [1.165, 1.54) is 0 Å². The van der Waals surface area contributed by atoms with Crippen molar-refractivity contribution in [3.63, 3.8) is 0 Å². The van der Waals surface area contributed by atoms with Crippen LogP contribution < -0.4 is 10.6 Å². The van der Waals surface area contributed by atoms with E-state index in [1.54, 1.807) is 36.7 Å². The molecule has 1 aromatic carbocycles. The SMILES string of the molecule is O=C(Nc1cccc(C(=O)N2CCNCC2c2cccnc2)c1)C1CCCO1. The Hall–Kier alpha value is -2.77. The highest BCUT2D eigenvalue weighted by Gasteiger charge is 2.29. The summed E-state index contributed by atoms with van der Waals surface area (Å²) in [6.45, 7) is 2.67. The molecular formula is C21H24N4O3. The number of carbonyl (C=O) groups is 2. The lowest BCUT2D eigenvalue weighted by Gasteiger charge is -2.36. The molecule has 2 aliphatic heterocycles. The maximum Gasteiger partial charge on any atom is 0.254 e. The minimum atomic E-state index is -0.400. The third kappa shape index (κ3) is 4.05. The molecule has 0 bridgehead atoms. The van der Waals surface area contributed by atoms with Gasteiger partial charge in [-0.15, -0.1) is 0 Å². The van der Waals surface area contributed by atoms with Gasteiger partial charge in [0, 0.05) is 49.9 Å². The molecule has 2 atom stereocenters. The van der Waals surface area contributed by atoms with Crippen LogP contribution in [0, 0.1) is 0 Å². The predicted octanol–water partition coefficient (Wildman–Crippen LogP) is 1.99. The van der Waals surface area contributed by atoms with Gasteiger partial charge in [-0.2, -0.15) is 0 Å². The summed E-state index contributed by atoms with van der Waals surface area (Å²) in [6.07, 6.45) is 4.76. The van der Waals surface area contributed by atoms with Crippen LogP contribution in [0.4, 0.5) is 5.69 Å². The Labute approximate surface area is 164 Å². The van der Waals surface area contributed by atoms with E-state index in [-0.39, 0.29) is 17.9 Å². The van der Waals surface area contributed by atoms with Gasteiger partial charge < -0.3 is 20.3 Å². The van der Waals surface area contributed by atoms with Gasteiger partial charge in [0.15, 0.2) is 0 Å². The molecule has 3 heterocycles. The topological polar surface area (TPSA) is 83.6 Å². The maximum absolute atomic E-state index is 13.2. The number of aromatic nitrogens is 1. The zero-order valence-corrected chi connectivity index (χ0v) is 15.6. The summed E-state index contributed by atoms with van der Waals surface area (Å²) in [4.78, 5) is 31.6. The summed E-state index contributed by atoms with van der Waals surface area (Å²) in [6, 6.07) is 10.9. The number of ether oxygens (including phenoxy) is 1. The number of pyridine rings is 1. The Balaban J connectivity index is 1.51. The van der Waals surface area contributed by atoms with Crippen LogP contribution >= 0.6 is 0 Å². The maximum atomic E-state index is 13.2. The van der Waals surface area contributed by atoms with Crippen LogP contribution in [0.5, 0.6) is 0 Å². The monoisotopic (exact) mass is 380 g/mol. The Kier molecular flexibility index (Phi) is 5.64. The van der Waals surface area contributed by atoms with Crippen LogP contribution in [0.2, 0.25) is 0 Å². The van der Waals surface area contributed by atoms with Crippen LogP contribution in [0.15, 0.2) is 48.8 Å². The second-order valence-electron chi connectivity index (χ2n) is 7.08. The molecule has 0 aliphatic carbocycles. The first-order valence-electron chi connectivity index (χ1n) is 9.66. The molecule has 7 nitrogen and oxygen atoms in total. The van der Waals surface area contributed by atoms with Crippen molar-refractivity contribution >= 4 is 17.5 Å². The zero-order valence-electron chi connectivity index (χ0n) is 15.6. The van der Waals surface area contributed by atoms with Gasteiger partial charge in [0.2, 0.25) is 0 Å². The van der Waals surface area contributed by atoms with E-state index in [0.717, 1.165) is 24.9 Å². The number of rotatable bonds is 4. The molecule has 2 saturated heterocycles. The second-order valence-corrected chi connectivity index (χ2v) is 7.08. The van der Waals surface area contributed by atoms with E-state index in [4.69, 9.17) is 4.74 Å². The first-order chi connectivity index (χ1) is 13.7. The molecule has 0 saturated carbocycles. The van der Waals surface area contributed by atoms with Crippen molar-refractivity contribution in [1.29, 1.82) is 0 Å². The van der Waals surface area contributed by atoms with Gasteiger partial charge in [-0.1, -0.05) is 12.1 Å². The molecule has 2 amide bonds. The quantitative estimate of drug-likeness (QED) is 0.848. The van der Waals surface area contributed by atoms with Crippen molar-refractivity contribution < 1.29 is 14.3 Å². The Morgan fingerprint density at radius 3 is 2.96 bits per heavy atom. The molecule has 2 aromatic rings. The number of anilines is 1. The van der Waals surface area contributed by atoms with Gasteiger partial charge >= 0.3 is 0 Å². The molecule has 0 radical (unpaired) electrons. The molecule has 2 aliphatic rings. The minimum absolute atomic E-state index is 0.0523. The summed E-state index contributed by atoms with van der Waals surface area (Å²) in [5, 5.41) is 6.21. The van der Waals surface area contributed by atoms with E-state index >= 15 is 0 Å². The molecule has 28 heavy (non-hydrogen) atoms. The van der Waals surface area contributed by atoms with Crippen molar-refractivity contribution in [3.8, 4) is 0 Å². The molecular weight excluding hydrogens is 356 g/mol. The van der Waals surface area contributed by atoms with Crippen molar-refractivity contribution in [2.75, 3.05) is 31.6 Å². The predicted molar refractivity (Wildman–Crippen MR) is 105 cm³/mol. The molecule has 1 aromatic heterocycles.